The molecule has 3 rings (SSSR count). The zero-order valence-corrected chi connectivity index (χ0v) is 15.9. The Morgan fingerprint density at radius 2 is 1.72 bits per heavy atom. The van der Waals surface area contributed by atoms with E-state index in [1.165, 1.54) is 5.56 Å². The highest BCUT2D eigenvalue weighted by atomic mass is 32.2. The standard InChI is InChI=1S/C20H25N3OS/c1-15(2)22-10-12-23(13-11-22)20(24)17-6-9-19(21-14-17)25-18-7-4-16(3)5-8-18/h4-9,14-15H,10-13H2,1-3H3. The largest absolute Gasteiger partial charge is 0.336 e. The molecule has 0 radical (unpaired) electrons. The number of rotatable bonds is 4. The smallest absolute Gasteiger partial charge is 0.255 e. The Balaban J connectivity index is 1.60. The van der Waals surface area contributed by atoms with Crippen LogP contribution in [-0.4, -0.2) is 52.9 Å². The summed E-state index contributed by atoms with van der Waals surface area (Å²) in [7, 11) is 0. The number of nitrogens with zero attached hydrogens (tertiary/aromatic N) is 3. The van der Waals surface area contributed by atoms with Crippen LogP contribution in [0, 0.1) is 6.92 Å². The molecular formula is C20H25N3OS. The predicted molar refractivity (Wildman–Crippen MR) is 102 cm³/mol. The number of amides is 1. The first-order valence-electron chi connectivity index (χ1n) is 8.77. The van der Waals surface area contributed by atoms with E-state index in [4.69, 9.17) is 0 Å². The van der Waals surface area contributed by atoms with Crippen molar-refractivity contribution in [2.45, 2.75) is 36.7 Å². The minimum absolute atomic E-state index is 0.0859. The van der Waals surface area contributed by atoms with Crippen molar-refractivity contribution < 1.29 is 4.79 Å². The van der Waals surface area contributed by atoms with Gasteiger partial charge in [0.05, 0.1) is 5.56 Å². The van der Waals surface area contributed by atoms with Crippen LogP contribution < -0.4 is 0 Å². The van der Waals surface area contributed by atoms with Crippen molar-refractivity contribution in [2.75, 3.05) is 26.2 Å². The Hall–Kier alpha value is -1.85. The predicted octanol–water partition coefficient (Wildman–Crippen LogP) is 3.71. The first-order chi connectivity index (χ1) is 12.0. The molecule has 2 heterocycles. The van der Waals surface area contributed by atoms with Crippen LogP contribution in [0.1, 0.15) is 29.8 Å². The van der Waals surface area contributed by atoms with E-state index in [-0.39, 0.29) is 5.91 Å². The highest BCUT2D eigenvalue weighted by Gasteiger charge is 2.23. The molecule has 132 valence electrons. The zero-order chi connectivity index (χ0) is 17.8. The summed E-state index contributed by atoms with van der Waals surface area (Å²) in [6.07, 6.45) is 1.70. The number of piperazine rings is 1. The first-order valence-corrected chi connectivity index (χ1v) is 9.58. The van der Waals surface area contributed by atoms with Crippen molar-refractivity contribution in [1.82, 2.24) is 14.8 Å². The van der Waals surface area contributed by atoms with Gasteiger partial charge in [-0.3, -0.25) is 9.69 Å². The van der Waals surface area contributed by atoms with Gasteiger partial charge in [-0.15, -0.1) is 0 Å². The maximum Gasteiger partial charge on any atom is 0.255 e. The fraction of sp³-hybridized carbons (Fsp3) is 0.400. The average Bonchev–Trinajstić information content (AvgIpc) is 2.64. The van der Waals surface area contributed by atoms with Crippen molar-refractivity contribution in [3.63, 3.8) is 0 Å². The summed E-state index contributed by atoms with van der Waals surface area (Å²) in [5.74, 6) is 0.0859. The molecular weight excluding hydrogens is 330 g/mol. The molecule has 1 fully saturated rings. The molecule has 0 spiro atoms. The second kappa shape index (κ2) is 8.02. The summed E-state index contributed by atoms with van der Waals surface area (Å²) < 4.78 is 0. The summed E-state index contributed by atoms with van der Waals surface area (Å²) in [5, 5.41) is 0.907. The van der Waals surface area contributed by atoms with Crippen LogP contribution in [0.3, 0.4) is 0 Å². The molecule has 1 aliphatic rings. The summed E-state index contributed by atoms with van der Waals surface area (Å²) in [6, 6.07) is 12.7. The molecule has 0 unspecified atom stereocenters. The molecule has 1 aliphatic heterocycles. The Morgan fingerprint density at radius 3 is 2.28 bits per heavy atom. The monoisotopic (exact) mass is 355 g/mol. The number of benzene rings is 1. The van der Waals surface area contributed by atoms with Gasteiger partial charge in [0.15, 0.2) is 0 Å². The second-order valence-corrected chi connectivity index (χ2v) is 7.82. The summed E-state index contributed by atoms with van der Waals surface area (Å²) in [5.41, 5.74) is 1.92. The number of hydrogen-bond donors (Lipinski definition) is 0. The Labute approximate surface area is 154 Å². The molecule has 0 saturated carbocycles. The van der Waals surface area contributed by atoms with E-state index in [0.717, 1.165) is 36.1 Å². The summed E-state index contributed by atoms with van der Waals surface area (Å²) in [6.45, 7) is 9.94. The molecule has 0 N–H and O–H groups in total. The van der Waals surface area contributed by atoms with Crippen molar-refractivity contribution in [3.05, 3.63) is 53.7 Å². The third-order valence-corrected chi connectivity index (χ3v) is 5.52. The van der Waals surface area contributed by atoms with E-state index in [1.54, 1.807) is 18.0 Å². The molecule has 2 aromatic rings. The van der Waals surface area contributed by atoms with E-state index in [2.05, 4.69) is 54.9 Å². The maximum atomic E-state index is 12.6. The zero-order valence-electron chi connectivity index (χ0n) is 15.1. The van der Waals surface area contributed by atoms with Crippen molar-refractivity contribution in [2.24, 2.45) is 0 Å². The first kappa shape index (κ1) is 18.0. The van der Waals surface area contributed by atoms with Crippen LogP contribution in [0.15, 0.2) is 52.5 Å². The highest BCUT2D eigenvalue weighted by molar-refractivity contribution is 7.99. The molecule has 1 amide bonds. The number of carbonyl (C=O) groups excluding carboxylic acids is 1. The molecule has 0 bridgehead atoms. The van der Waals surface area contributed by atoms with E-state index < -0.39 is 0 Å². The van der Waals surface area contributed by atoms with Gasteiger partial charge < -0.3 is 4.90 Å². The van der Waals surface area contributed by atoms with Gasteiger partial charge in [0.1, 0.15) is 5.03 Å². The fourth-order valence-electron chi connectivity index (χ4n) is 2.92. The maximum absolute atomic E-state index is 12.6. The number of hydrogen-bond acceptors (Lipinski definition) is 4. The lowest BCUT2D eigenvalue weighted by Crippen LogP contribution is -2.50. The lowest BCUT2D eigenvalue weighted by molar-refractivity contribution is 0.0595. The van der Waals surface area contributed by atoms with E-state index in [0.29, 0.717) is 11.6 Å². The minimum Gasteiger partial charge on any atom is -0.336 e. The molecule has 5 heteroatoms. The lowest BCUT2D eigenvalue weighted by atomic mass is 10.2. The fourth-order valence-corrected chi connectivity index (χ4v) is 3.67. The molecule has 4 nitrogen and oxygen atoms in total. The van der Waals surface area contributed by atoms with Crippen LogP contribution in [0.4, 0.5) is 0 Å². The topological polar surface area (TPSA) is 36.4 Å². The van der Waals surface area contributed by atoms with Gasteiger partial charge in [0.2, 0.25) is 0 Å². The van der Waals surface area contributed by atoms with Crippen LogP contribution in [-0.2, 0) is 0 Å². The van der Waals surface area contributed by atoms with Crippen molar-refractivity contribution in [3.8, 4) is 0 Å². The summed E-state index contributed by atoms with van der Waals surface area (Å²) in [4.78, 5) is 22.6. The van der Waals surface area contributed by atoms with Gasteiger partial charge in [-0.05, 0) is 45.0 Å². The molecule has 25 heavy (non-hydrogen) atoms. The number of pyridine rings is 1. The minimum atomic E-state index is 0.0859. The van der Waals surface area contributed by atoms with Gasteiger partial charge in [0, 0.05) is 43.3 Å². The normalized spacial score (nSPS) is 15.6. The Bertz CT molecular complexity index is 705. The van der Waals surface area contributed by atoms with Gasteiger partial charge in [-0.25, -0.2) is 4.98 Å². The third-order valence-electron chi connectivity index (χ3n) is 4.56. The van der Waals surface area contributed by atoms with E-state index in [1.807, 2.05) is 17.0 Å². The lowest BCUT2D eigenvalue weighted by Gasteiger charge is -2.36. The quantitative estimate of drug-likeness (QED) is 0.838. The number of carbonyl (C=O) groups is 1. The third kappa shape index (κ3) is 4.61. The van der Waals surface area contributed by atoms with Gasteiger partial charge in [-0.1, -0.05) is 29.5 Å². The van der Waals surface area contributed by atoms with Crippen LogP contribution in [0.2, 0.25) is 0 Å². The summed E-state index contributed by atoms with van der Waals surface area (Å²) >= 11 is 1.61. The molecule has 1 aromatic carbocycles. The van der Waals surface area contributed by atoms with Crippen LogP contribution in [0.25, 0.3) is 0 Å². The number of aromatic nitrogens is 1. The van der Waals surface area contributed by atoms with Gasteiger partial charge in [-0.2, -0.15) is 0 Å². The van der Waals surface area contributed by atoms with E-state index >= 15 is 0 Å². The van der Waals surface area contributed by atoms with Crippen LogP contribution >= 0.6 is 11.8 Å². The average molecular weight is 356 g/mol. The van der Waals surface area contributed by atoms with Gasteiger partial charge >= 0.3 is 0 Å². The van der Waals surface area contributed by atoms with Crippen molar-refractivity contribution >= 4 is 17.7 Å². The Morgan fingerprint density at radius 1 is 1.04 bits per heavy atom. The van der Waals surface area contributed by atoms with Gasteiger partial charge in [0.25, 0.3) is 5.91 Å². The highest BCUT2D eigenvalue weighted by Crippen LogP contribution is 2.26. The van der Waals surface area contributed by atoms with Crippen LogP contribution in [0.5, 0.6) is 0 Å². The molecule has 0 aliphatic carbocycles. The van der Waals surface area contributed by atoms with Crippen molar-refractivity contribution in [1.29, 1.82) is 0 Å². The van der Waals surface area contributed by atoms with E-state index in [9.17, 15) is 4.79 Å². The second-order valence-electron chi connectivity index (χ2n) is 6.72. The molecule has 1 aromatic heterocycles. The number of aryl methyl sites for hydroxylation is 1. The Kier molecular flexibility index (Phi) is 5.76. The molecule has 0 atom stereocenters. The SMILES string of the molecule is Cc1ccc(Sc2ccc(C(=O)N3CCN(C(C)C)CC3)cn2)cc1. The molecule has 1 saturated heterocycles.